The van der Waals surface area contributed by atoms with E-state index in [1.807, 2.05) is 16.9 Å². The van der Waals surface area contributed by atoms with E-state index in [2.05, 4.69) is 25.5 Å². The fourth-order valence-corrected chi connectivity index (χ4v) is 3.79. The van der Waals surface area contributed by atoms with Crippen LogP contribution >= 0.6 is 0 Å². The van der Waals surface area contributed by atoms with Gasteiger partial charge in [-0.3, -0.25) is 19.1 Å². The minimum Gasteiger partial charge on any atom is -0.317 e. The number of fused-ring (bicyclic) bond motifs is 1. The largest absolute Gasteiger partial charge is 0.317 e. The quantitative estimate of drug-likeness (QED) is 0.514. The second-order valence-corrected chi connectivity index (χ2v) is 7.53. The highest BCUT2D eigenvalue weighted by molar-refractivity contribution is 5.97. The van der Waals surface area contributed by atoms with Gasteiger partial charge in [0, 0.05) is 40.6 Å². The Balaban J connectivity index is 1.35. The van der Waals surface area contributed by atoms with Crippen LogP contribution in [-0.4, -0.2) is 48.4 Å². The Bertz CT molecular complexity index is 1300. The zero-order chi connectivity index (χ0) is 23.0. The third kappa shape index (κ3) is 3.73. The van der Waals surface area contributed by atoms with Gasteiger partial charge in [0.2, 0.25) is 0 Å². The van der Waals surface area contributed by atoms with E-state index in [0.29, 0.717) is 34.1 Å². The van der Waals surface area contributed by atoms with Gasteiger partial charge in [-0.2, -0.15) is 10.2 Å². The molecule has 0 aromatic carbocycles. The zero-order valence-corrected chi connectivity index (χ0v) is 16.3. The van der Waals surface area contributed by atoms with E-state index in [9.17, 15) is 4.79 Å². The van der Waals surface area contributed by atoms with Gasteiger partial charge in [-0.1, -0.05) is 0 Å². The van der Waals surface area contributed by atoms with Crippen LogP contribution in [0.25, 0.3) is 22.2 Å². The van der Waals surface area contributed by atoms with Crippen molar-refractivity contribution < 1.29 is 8.91 Å². The number of carbonyl (C=O) groups is 1. The standard InChI is InChI=1S/C22H23N7O/c1-28-13-16(11-25-28)20-3-2-15-10-24-18(8-21(15)27-20)9-22(30)17-12-26-29(14-17)19-4-6-23-7-5-19/h2-3,8,10-14,19,23H,4-7,9H2,1H3/i1D3. The molecule has 1 N–H and O–H groups in total. The summed E-state index contributed by atoms with van der Waals surface area (Å²) in [5, 5.41) is 12.5. The predicted molar refractivity (Wildman–Crippen MR) is 113 cm³/mol. The lowest BCUT2D eigenvalue weighted by Gasteiger charge is -2.22. The molecule has 8 heteroatoms. The maximum absolute atomic E-state index is 12.8. The zero-order valence-electron chi connectivity index (χ0n) is 19.3. The van der Waals surface area contributed by atoms with E-state index in [1.165, 1.54) is 12.4 Å². The van der Waals surface area contributed by atoms with Crippen LogP contribution in [0.5, 0.6) is 0 Å². The first kappa shape index (κ1) is 15.4. The van der Waals surface area contributed by atoms with E-state index in [1.54, 1.807) is 24.5 Å². The third-order valence-corrected chi connectivity index (χ3v) is 5.46. The Morgan fingerprint density at radius 3 is 2.93 bits per heavy atom. The smallest absolute Gasteiger partial charge is 0.171 e. The van der Waals surface area contributed by atoms with Crippen LogP contribution in [0.2, 0.25) is 0 Å². The lowest BCUT2D eigenvalue weighted by Crippen LogP contribution is -2.29. The van der Waals surface area contributed by atoms with Gasteiger partial charge in [0.15, 0.2) is 5.78 Å². The van der Waals surface area contributed by atoms with Crippen molar-refractivity contribution in [2.75, 3.05) is 13.1 Å². The minimum atomic E-state index is -2.34. The van der Waals surface area contributed by atoms with Crippen molar-refractivity contribution in [2.24, 2.45) is 6.98 Å². The van der Waals surface area contributed by atoms with E-state index in [0.717, 1.165) is 36.0 Å². The second kappa shape index (κ2) is 7.79. The minimum absolute atomic E-state index is 0.0443. The van der Waals surface area contributed by atoms with E-state index < -0.39 is 6.98 Å². The van der Waals surface area contributed by atoms with Gasteiger partial charge in [-0.25, -0.2) is 4.98 Å². The number of aryl methyl sites for hydroxylation is 1. The summed E-state index contributed by atoms with van der Waals surface area (Å²) in [6.07, 6.45) is 10.2. The molecular weight excluding hydrogens is 378 g/mol. The van der Waals surface area contributed by atoms with Gasteiger partial charge in [0.1, 0.15) is 0 Å². The summed E-state index contributed by atoms with van der Waals surface area (Å²) in [6.45, 7) is -0.421. The number of nitrogens with one attached hydrogen (secondary N) is 1. The molecule has 0 unspecified atom stereocenters. The van der Waals surface area contributed by atoms with Crippen LogP contribution in [0.15, 0.2) is 49.2 Å². The molecule has 0 spiro atoms. The number of ketones is 1. The Hall–Kier alpha value is -3.39. The number of nitrogens with zero attached hydrogens (tertiary/aromatic N) is 6. The Labute approximate surface area is 178 Å². The molecule has 5 heterocycles. The SMILES string of the molecule is [2H]C([2H])([2H])n1cc(-c2ccc3cnc(CC(=O)c4cnn(C5CCNCC5)c4)cc3n2)cn1. The summed E-state index contributed by atoms with van der Waals surface area (Å²) >= 11 is 0. The lowest BCUT2D eigenvalue weighted by molar-refractivity contribution is 0.0992. The van der Waals surface area contributed by atoms with Crippen molar-refractivity contribution in [3.63, 3.8) is 0 Å². The maximum atomic E-state index is 12.8. The van der Waals surface area contributed by atoms with Crippen molar-refractivity contribution in [2.45, 2.75) is 25.3 Å². The molecule has 1 aliphatic heterocycles. The number of pyridine rings is 2. The fourth-order valence-electron chi connectivity index (χ4n) is 3.79. The highest BCUT2D eigenvalue weighted by Gasteiger charge is 2.18. The molecule has 0 bridgehead atoms. The number of hydrogen-bond donors (Lipinski definition) is 1. The van der Waals surface area contributed by atoms with Crippen LogP contribution in [-0.2, 0) is 13.4 Å². The topological polar surface area (TPSA) is 90.5 Å². The van der Waals surface area contributed by atoms with Gasteiger partial charge in [0.05, 0.1) is 47.3 Å². The molecule has 152 valence electrons. The van der Waals surface area contributed by atoms with E-state index in [-0.39, 0.29) is 12.2 Å². The van der Waals surface area contributed by atoms with Crippen LogP contribution < -0.4 is 5.32 Å². The van der Waals surface area contributed by atoms with Crippen LogP contribution in [0.4, 0.5) is 0 Å². The number of piperidine rings is 1. The highest BCUT2D eigenvalue weighted by atomic mass is 16.1. The van der Waals surface area contributed by atoms with Gasteiger partial charge in [-0.05, 0) is 44.1 Å². The fraction of sp³-hybridized carbons (Fsp3) is 0.318. The van der Waals surface area contributed by atoms with Gasteiger partial charge in [-0.15, -0.1) is 0 Å². The normalized spacial score (nSPS) is 16.9. The van der Waals surface area contributed by atoms with Crippen molar-refractivity contribution in [1.82, 2.24) is 34.8 Å². The summed E-state index contributed by atoms with van der Waals surface area (Å²) in [5.74, 6) is -0.0443. The summed E-state index contributed by atoms with van der Waals surface area (Å²) in [6, 6.07) is 5.78. The molecule has 5 rings (SSSR count). The number of carbonyl (C=O) groups excluding carboxylic acids is 1. The molecule has 0 saturated carbocycles. The van der Waals surface area contributed by atoms with E-state index >= 15 is 0 Å². The average molecular weight is 404 g/mol. The highest BCUT2D eigenvalue weighted by Crippen LogP contribution is 2.22. The predicted octanol–water partition coefficient (Wildman–Crippen LogP) is 2.58. The van der Waals surface area contributed by atoms with E-state index in [4.69, 9.17) is 4.11 Å². The molecule has 1 fully saturated rings. The van der Waals surface area contributed by atoms with Crippen LogP contribution in [0.1, 0.15) is 39.0 Å². The molecule has 0 amide bonds. The molecule has 1 saturated heterocycles. The molecule has 30 heavy (non-hydrogen) atoms. The Kier molecular flexibility index (Phi) is 4.01. The Morgan fingerprint density at radius 2 is 2.10 bits per heavy atom. The number of Topliss-reactive ketones (excluding diaryl/α,β-unsaturated/α-hetero) is 1. The average Bonchev–Trinajstić information content (AvgIpc) is 3.49. The number of hydrogen-bond acceptors (Lipinski definition) is 6. The molecule has 1 aliphatic rings. The first-order valence-corrected chi connectivity index (χ1v) is 9.96. The Morgan fingerprint density at radius 1 is 1.20 bits per heavy atom. The molecule has 4 aromatic rings. The molecule has 0 atom stereocenters. The summed E-state index contributed by atoms with van der Waals surface area (Å²) < 4.78 is 25.2. The van der Waals surface area contributed by atoms with Crippen LogP contribution in [0, 0.1) is 0 Å². The van der Waals surface area contributed by atoms with Crippen molar-refractivity contribution in [3.05, 3.63) is 60.4 Å². The first-order chi connectivity index (χ1) is 15.9. The molecule has 0 aliphatic carbocycles. The van der Waals surface area contributed by atoms with Gasteiger partial charge >= 0.3 is 0 Å². The number of rotatable bonds is 5. The maximum Gasteiger partial charge on any atom is 0.171 e. The number of aromatic nitrogens is 6. The molecule has 4 aromatic heterocycles. The summed E-state index contributed by atoms with van der Waals surface area (Å²) in [4.78, 5) is 21.9. The molecule has 8 nitrogen and oxygen atoms in total. The van der Waals surface area contributed by atoms with Gasteiger partial charge in [0.25, 0.3) is 0 Å². The summed E-state index contributed by atoms with van der Waals surface area (Å²) in [7, 11) is 0. The lowest BCUT2D eigenvalue weighted by atomic mass is 10.1. The van der Waals surface area contributed by atoms with Crippen molar-refractivity contribution in [3.8, 4) is 11.3 Å². The second-order valence-electron chi connectivity index (χ2n) is 7.53. The third-order valence-electron chi connectivity index (χ3n) is 5.46. The monoisotopic (exact) mass is 404 g/mol. The molecule has 0 radical (unpaired) electrons. The molecular formula is C22H23N7O. The van der Waals surface area contributed by atoms with Gasteiger partial charge < -0.3 is 5.32 Å². The summed E-state index contributed by atoms with van der Waals surface area (Å²) in [5.41, 5.74) is 3.08. The van der Waals surface area contributed by atoms with Crippen molar-refractivity contribution in [1.29, 1.82) is 0 Å². The first-order valence-electron chi connectivity index (χ1n) is 11.5. The van der Waals surface area contributed by atoms with Crippen molar-refractivity contribution >= 4 is 16.7 Å². The van der Waals surface area contributed by atoms with Crippen LogP contribution in [0.3, 0.4) is 0 Å².